The van der Waals surface area contributed by atoms with E-state index in [1.54, 1.807) is 17.7 Å². The van der Waals surface area contributed by atoms with Gasteiger partial charge < -0.3 is 24.9 Å². The summed E-state index contributed by atoms with van der Waals surface area (Å²) in [5.74, 6) is 0.350. The summed E-state index contributed by atoms with van der Waals surface area (Å²) in [5.41, 5.74) is 8.46. The zero-order valence-corrected chi connectivity index (χ0v) is 20.8. The number of hydrogen-bond acceptors (Lipinski definition) is 9. The molecule has 0 radical (unpaired) electrons. The molecule has 11 heteroatoms. The molecule has 3 N–H and O–H groups in total. The van der Waals surface area contributed by atoms with Crippen molar-refractivity contribution in [3.63, 3.8) is 0 Å². The van der Waals surface area contributed by atoms with Gasteiger partial charge in [0.05, 0.1) is 13.2 Å². The number of nitrogens with one attached hydrogen (secondary N) is 1. The van der Waals surface area contributed by atoms with Gasteiger partial charge in [-0.3, -0.25) is 14.3 Å². The molecule has 0 saturated heterocycles. The number of aromatic amines is 1. The summed E-state index contributed by atoms with van der Waals surface area (Å²) < 4.78 is 17.8. The number of esters is 1. The molecule has 0 unspecified atom stereocenters. The van der Waals surface area contributed by atoms with Gasteiger partial charge in [0.2, 0.25) is 0 Å². The molecule has 3 rings (SSSR count). The van der Waals surface area contributed by atoms with Crippen LogP contribution >= 0.6 is 0 Å². The van der Waals surface area contributed by atoms with Crippen LogP contribution in [0.25, 0.3) is 11.2 Å². The zero-order valence-electron chi connectivity index (χ0n) is 20.8. The number of unbranched alkanes of at least 4 members (excludes halogenated alkanes) is 1. The first-order chi connectivity index (χ1) is 16.8. The number of anilines is 1. The lowest BCUT2D eigenvalue weighted by Gasteiger charge is -2.23. The Labute approximate surface area is 204 Å². The van der Waals surface area contributed by atoms with Crippen molar-refractivity contribution in [1.82, 2.24) is 24.4 Å². The molecule has 0 aliphatic rings. The number of hydrogen-bond donors (Lipinski definition) is 2. The van der Waals surface area contributed by atoms with Gasteiger partial charge in [-0.15, -0.1) is 0 Å². The Morgan fingerprint density at radius 2 is 2.03 bits per heavy atom. The number of carbonyl (C=O) groups is 1. The van der Waals surface area contributed by atoms with Gasteiger partial charge in [-0.05, 0) is 30.5 Å². The number of nitrogen functional groups attached to an aromatic ring is 1. The molecular formula is C24H34N6O5. The van der Waals surface area contributed by atoms with Gasteiger partial charge in [-0.1, -0.05) is 25.5 Å². The first kappa shape index (κ1) is 26.2. The molecule has 1 aromatic carbocycles. The van der Waals surface area contributed by atoms with Crippen molar-refractivity contribution in [3.8, 4) is 11.8 Å². The summed E-state index contributed by atoms with van der Waals surface area (Å²) in [5, 5.41) is 0. The maximum Gasteiger partial charge on any atom is 0.327 e. The highest BCUT2D eigenvalue weighted by atomic mass is 16.5. The van der Waals surface area contributed by atoms with Crippen molar-refractivity contribution >= 4 is 23.0 Å². The highest BCUT2D eigenvalue weighted by Gasteiger charge is 2.17. The molecule has 35 heavy (non-hydrogen) atoms. The summed E-state index contributed by atoms with van der Waals surface area (Å²) in [4.78, 5) is 37.6. The fraction of sp³-hybridized carbons (Fsp3) is 0.500. The highest BCUT2D eigenvalue weighted by Crippen LogP contribution is 2.23. The zero-order chi connectivity index (χ0) is 25.4. The van der Waals surface area contributed by atoms with Gasteiger partial charge in [0, 0.05) is 40.2 Å². The van der Waals surface area contributed by atoms with Crippen molar-refractivity contribution in [2.45, 2.75) is 46.7 Å². The molecule has 0 atom stereocenters. The van der Waals surface area contributed by atoms with Gasteiger partial charge in [-0.2, -0.15) is 9.97 Å². The van der Waals surface area contributed by atoms with E-state index in [9.17, 15) is 9.59 Å². The Bertz CT molecular complexity index is 1210. The van der Waals surface area contributed by atoms with Crippen LogP contribution in [0.5, 0.6) is 11.8 Å². The second kappa shape index (κ2) is 12.3. The summed E-state index contributed by atoms with van der Waals surface area (Å²) in [6, 6.07) is 5.79. The average Bonchev–Trinajstić information content (AvgIpc) is 3.13. The number of H-pyrrole nitrogens is 1. The Morgan fingerprint density at radius 1 is 1.23 bits per heavy atom. The second-order valence-corrected chi connectivity index (χ2v) is 8.28. The topological polar surface area (TPSA) is 138 Å². The van der Waals surface area contributed by atoms with Crippen LogP contribution in [-0.4, -0.2) is 63.8 Å². The van der Waals surface area contributed by atoms with Crippen molar-refractivity contribution in [2.24, 2.45) is 0 Å². The van der Waals surface area contributed by atoms with E-state index in [4.69, 9.17) is 19.9 Å². The Kier molecular flexibility index (Phi) is 9.21. The Morgan fingerprint density at radius 3 is 2.74 bits per heavy atom. The number of methoxy groups -OCH3 is 1. The Balaban J connectivity index is 1.81. The van der Waals surface area contributed by atoms with Gasteiger partial charge in [0.1, 0.15) is 11.3 Å². The number of aromatic nitrogens is 4. The molecule has 0 saturated carbocycles. The number of rotatable bonds is 13. The van der Waals surface area contributed by atoms with E-state index >= 15 is 0 Å². The van der Waals surface area contributed by atoms with Crippen molar-refractivity contribution < 1.29 is 19.0 Å². The molecule has 0 spiro atoms. The number of fused-ring (bicyclic) bond motifs is 1. The van der Waals surface area contributed by atoms with E-state index in [1.165, 1.54) is 6.92 Å². The molecule has 11 nitrogen and oxygen atoms in total. The molecule has 0 amide bonds. The van der Waals surface area contributed by atoms with E-state index in [1.807, 2.05) is 19.1 Å². The minimum Gasteiger partial charge on any atom is -0.463 e. The second-order valence-electron chi connectivity index (χ2n) is 8.28. The predicted octanol–water partition coefficient (Wildman–Crippen LogP) is 2.26. The number of nitrogens with zero attached hydrogens (tertiary/aromatic N) is 4. The van der Waals surface area contributed by atoms with Crippen LogP contribution in [-0.2, 0) is 22.6 Å². The minimum absolute atomic E-state index is 0.158. The van der Waals surface area contributed by atoms with E-state index in [-0.39, 0.29) is 23.5 Å². The van der Waals surface area contributed by atoms with Crippen molar-refractivity contribution in [1.29, 1.82) is 0 Å². The third-order valence-electron chi connectivity index (χ3n) is 5.65. The van der Waals surface area contributed by atoms with E-state index < -0.39 is 0 Å². The van der Waals surface area contributed by atoms with Crippen LogP contribution in [0.15, 0.2) is 23.0 Å². The first-order valence-corrected chi connectivity index (χ1v) is 11.7. The summed E-state index contributed by atoms with van der Waals surface area (Å²) in [6.07, 6.45) is 1.85. The Hall–Kier alpha value is -3.44. The summed E-state index contributed by atoms with van der Waals surface area (Å²) >= 11 is 0. The van der Waals surface area contributed by atoms with E-state index in [2.05, 4.69) is 26.8 Å². The van der Waals surface area contributed by atoms with Gasteiger partial charge >= 0.3 is 17.7 Å². The minimum atomic E-state index is -0.362. The lowest BCUT2D eigenvalue weighted by atomic mass is 10.1. The van der Waals surface area contributed by atoms with Crippen molar-refractivity contribution in [3.05, 3.63) is 39.8 Å². The van der Waals surface area contributed by atoms with Crippen LogP contribution < -0.4 is 20.9 Å². The number of nitrogens with two attached hydrogens (primary N) is 1. The van der Waals surface area contributed by atoms with Crippen LogP contribution in [0.1, 0.15) is 37.8 Å². The fourth-order valence-corrected chi connectivity index (χ4v) is 3.68. The maximum atomic E-state index is 12.7. The molecule has 3 aromatic rings. The van der Waals surface area contributed by atoms with Crippen LogP contribution in [0, 0.1) is 6.92 Å². The molecule has 0 aliphatic carbocycles. The summed E-state index contributed by atoms with van der Waals surface area (Å²) in [6.45, 7) is 8.52. The third-order valence-corrected chi connectivity index (χ3v) is 5.65. The van der Waals surface area contributed by atoms with Gasteiger partial charge in [0.15, 0.2) is 11.5 Å². The molecule has 2 aromatic heterocycles. The van der Waals surface area contributed by atoms with Crippen LogP contribution in [0.3, 0.4) is 0 Å². The van der Waals surface area contributed by atoms with E-state index in [0.717, 1.165) is 24.0 Å². The van der Waals surface area contributed by atoms with Crippen molar-refractivity contribution in [2.75, 3.05) is 39.1 Å². The maximum absolute atomic E-state index is 12.7. The summed E-state index contributed by atoms with van der Waals surface area (Å²) in [7, 11) is 1.65. The van der Waals surface area contributed by atoms with E-state index in [0.29, 0.717) is 56.3 Å². The molecule has 0 fully saturated rings. The lowest BCUT2D eigenvalue weighted by Crippen LogP contribution is -2.32. The number of carbonyl (C=O) groups excluding carboxylic acids is 1. The van der Waals surface area contributed by atoms with Gasteiger partial charge in [-0.25, -0.2) is 4.79 Å². The fourth-order valence-electron chi connectivity index (χ4n) is 3.68. The normalized spacial score (nSPS) is 11.3. The lowest BCUT2D eigenvalue weighted by molar-refractivity contribution is -0.131. The van der Waals surface area contributed by atoms with Crippen LogP contribution in [0.2, 0.25) is 0 Å². The quantitative estimate of drug-likeness (QED) is 0.212. The standard InChI is InChI=1S/C24H34N6O5/c1-5-6-13-34-23-27-21(25)20-22(28-23)30(24(32)26-20)11-10-29(12-14-33-4)15-18-8-7-9-19(16(18)2)35-17(3)31/h7-9H,5-6,10-15H2,1-4H3,(H,26,32)(H2,25,27,28). The number of ether oxygens (including phenoxy) is 3. The average molecular weight is 487 g/mol. The SMILES string of the molecule is CCCCOc1nc(N)c2[nH]c(=O)n(CCN(CCOC)Cc3cccc(OC(C)=O)c3C)c2n1. The first-order valence-electron chi connectivity index (χ1n) is 11.7. The van der Waals surface area contributed by atoms with Crippen LogP contribution in [0.4, 0.5) is 5.82 Å². The molecular weight excluding hydrogens is 452 g/mol. The molecule has 0 bridgehead atoms. The third kappa shape index (κ3) is 6.80. The van der Waals surface area contributed by atoms with Gasteiger partial charge in [0.25, 0.3) is 0 Å². The monoisotopic (exact) mass is 486 g/mol. The smallest absolute Gasteiger partial charge is 0.327 e. The highest BCUT2D eigenvalue weighted by molar-refractivity contribution is 5.81. The molecule has 2 heterocycles. The number of imidazole rings is 1. The molecule has 190 valence electrons. The number of benzene rings is 1. The predicted molar refractivity (Wildman–Crippen MR) is 133 cm³/mol. The largest absolute Gasteiger partial charge is 0.463 e. The molecule has 0 aliphatic heterocycles.